The van der Waals surface area contributed by atoms with Crippen LogP contribution in [0.15, 0.2) is 0 Å². The first-order chi connectivity index (χ1) is 40.2. The summed E-state index contributed by atoms with van der Waals surface area (Å²) in [4.78, 5) is 39.2. The Morgan fingerprint density at radius 1 is 0.565 bits per heavy atom. The van der Waals surface area contributed by atoms with E-state index in [0.717, 1.165) is 44.9 Å². The van der Waals surface area contributed by atoms with Gasteiger partial charge in [-0.15, -0.1) is 0 Å². The minimum Gasteiger partial charge on any atom is -0.477 e. The van der Waals surface area contributed by atoms with Crippen LogP contribution in [0.4, 0.5) is 0 Å². The molecule has 0 saturated carbocycles. The second-order valence-corrected chi connectivity index (χ2v) is 29.1. The highest BCUT2D eigenvalue weighted by Crippen LogP contribution is 2.40. The predicted molar refractivity (Wildman–Crippen MR) is 286 cm³/mol. The number of carboxylic acids is 1. The van der Waals surface area contributed by atoms with Gasteiger partial charge in [-0.2, -0.15) is 0 Å². The zero-order chi connectivity index (χ0) is 63.1. The van der Waals surface area contributed by atoms with E-state index in [4.69, 9.17) is 47.4 Å². The molecule has 5 aliphatic rings. The number of aliphatic hydroxyl groups is 16. The summed E-state index contributed by atoms with van der Waals surface area (Å²) >= 11 is 0. The Balaban J connectivity index is 1.43. The lowest BCUT2D eigenvalue weighted by Crippen LogP contribution is -2.71. The van der Waals surface area contributed by atoms with Crippen LogP contribution in [0.25, 0.3) is 0 Å². The summed E-state index contributed by atoms with van der Waals surface area (Å²) in [6.07, 6.45) is -38.6. The van der Waals surface area contributed by atoms with Gasteiger partial charge < -0.3 is 145 Å². The topological polar surface area (TPSA) is 511 Å². The van der Waals surface area contributed by atoms with Crippen molar-refractivity contribution in [3.63, 3.8) is 0 Å². The molecule has 5 saturated heterocycles. The molecule has 0 unspecified atom stereocenters. The SMILES string of the molecule is CCCCCCCCCCCC(=O)N[C@H]1[C@H](O[C@H]2[C@@H](O)[C@@H](CO)O[C@@H](O[C@H]3[C@H](O)[C@@H](O)[C@H](OCC[Si](C)(C)C)O[C@@H]3CO)[C@@H]2O)O[C@H](CO)[C@@H](O[C@@H]2O[C@H](CO)[C@H](O)[C@H](O[C@]3(C(=O)O)C[C@H](O)[C@@H](NC(=O)CO)[C@H]([C@H](O)[C@H](O)CO)O3)[C@H]2O)[C@@H]1O. The first kappa shape index (κ1) is 73.3. The summed E-state index contributed by atoms with van der Waals surface area (Å²) in [5.74, 6) is -7.19. The number of ether oxygens (including phenoxy) is 10. The monoisotopic (exact) mass is 1250 g/mol. The number of rotatable bonds is 33. The molecule has 2 amide bonds. The Morgan fingerprint density at radius 2 is 1.05 bits per heavy atom. The summed E-state index contributed by atoms with van der Waals surface area (Å²) in [7, 11) is -1.63. The molecule has 0 aromatic carbocycles. The van der Waals surface area contributed by atoms with E-state index in [0.29, 0.717) is 18.9 Å². The van der Waals surface area contributed by atoms with E-state index in [1.54, 1.807) is 0 Å². The number of aliphatic hydroxyl groups excluding tert-OH is 16. The van der Waals surface area contributed by atoms with Crippen molar-refractivity contribution in [3.05, 3.63) is 0 Å². The van der Waals surface area contributed by atoms with Gasteiger partial charge in [0.25, 0.3) is 5.79 Å². The summed E-state index contributed by atoms with van der Waals surface area (Å²) in [5.41, 5.74) is 0. The molecule has 0 bridgehead atoms. The van der Waals surface area contributed by atoms with Crippen LogP contribution in [-0.4, -0.2) is 318 Å². The first-order valence-corrected chi connectivity index (χ1v) is 32.8. The highest BCUT2D eigenvalue weighted by molar-refractivity contribution is 6.76. The zero-order valence-electron chi connectivity index (χ0n) is 48.3. The molecule has 5 heterocycles. The lowest BCUT2D eigenvalue weighted by Gasteiger charge is -2.51. The van der Waals surface area contributed by atoms with Crippen molar-refractivity contribution in [1.82, 2.24) is 10.6 Å². The van der Waals surface area contributed by atoms with Crippen molar-refractivity contribution in [1.29, 1.82) is 0 Å². The molecule has 5 aliphatic heterocycles. The van der Waals surface area contributed by atoms with E-state index in [1.165, 1.54) is 0 Å². The van der Waals surface area contributed by atoms with Crippen molar-refractivity contribution < 1.29 is 149 Å². The summed E-state index contributed by atoms with van der Waals surface area (Å²) in [6, 6.07) is -2.97. The van der Waals surface area contributed by atoms with E-state index < -0.39 is 231 Å². The van der Waals surface area contributed by atoms with Gasteiger partial charge in [0.1, 0.15) is 123 Å². The fraction of sp³-hybridized carbons (Fsp3) is 0.942. The first-order valence-electron chi connectivity index (χ1n) is 29.1. The number of unbranched alkanes of at least 4 members (excludes halogenated alkanes) is 8. The Hall–Kier alpha value is -2.41. The Bertz CT molecular complexity index is 2000. The quantitative estimate of drug-likeness (QED) is 0.0214. The summed E-state index contributed by atoms with van der Waals surface area (Å²) in [6.45, 7) is 2.21. The van der Waals surface area contributed by atoms with Gasteiger partial charge in [0.05, 0.1) is 45.2 Å². The summed E-state index contributed by atoms with van der Waals surface area (Å²) < 4.78 is 58.5. The van der Waals surface area contributed by atoms with E-state index >= 15 is 0 Å². The fourth-order valence-corrected chi connectivity index (χ4v) is 11.5. The largest absolute Gasteiger partial charge is 0.477 e. The molecular formula is C52H94N2O30Si. The van der Waals surface area contributed by atoms with Crippen molar-refractivity contribution >= 4 is 25.9 Å². The molecule has 19 N–H and O–H groups in total. The minimum absolute atomic E-state index is 0.132. The van der Waals surface area contributed by atoms with Gasteiger partial charge >= 0.3 is 5.97 Å². The molecular weight excluding hydrogens is 1160 g/mol. The molecule has 496 valence electrons. The van der Waals surface area contributed by atoms with Gasteiger partial charge in [0.15, 0.2) is 25.2 Å². The van der Waals surface area contributed by atoms with E-state index in [-0.39, 0.29) is 13.0 Å². The molecule has 5 rings (SSSR count). The molecule has 5 fully saturated rings. The Kier molecular flexibility index (Phi) is 29.4. The molecule has 0 radical (unpaired) electrons. The average molecular weight is 1260 g/mol. The maximum atomic E-state index is 13.8. The van der Waals surface area contributed by atoms with Crippen molar-refractivity contribution in [2.24, 2.45) is 0 Å². The zero-order valence-corrected chi connectivity index (χ0v) is 49.3. The number of aliphatic carboxylic acids is 1. The second kappa shape index (κ2) is 34.1. The predicted octanol–water partition coefficient (Wildman–Crippen LogP) is -7.20. The standard InChI is InChI=1S/C52H94N2O30Si/c1-5-6-7-8-9-10-11-12-13-14-30(63)53-33-37(68)42(80-50-41(72)46(36(67)27(20-57)77-50)84-52(51(73)74)17-24(61)32(54-31(64)23-60)44(83-52)34(65)25(62)18-55)28(21-58)78-47(33)82-45-35(66)26(19-56)76-49(40(45)71)81-43-29(22-59)79-48(39(70)38(43)69)75-15-16-85(2,3)4/h24-29,32-50,55-62,65-72H,5-23H2,1-4H3,(H,53,63)(H,54,64)(H,73,74)/t24-,25+,26+,27+,28+,29+,32+,33+,34+,35-,36-,37+,38+,39+,40+,41+,42+,43+,44+,45-,46-,47-,48+,49-,50-,52-/m0/s1. The molecule has 85 heavy (non-hydrogen) atoms. The highest BCUT2D eigenvalue weighted by Gasteiger charge is 2.61. The van der Waals surface area contributed by atoms with Gasteiger partial charge in [-0.3, -0.25) is 9.59 Å². The maximum absolute atomic E-state index is 13.8. The number of carbonyl (C=O) groups excluding carboxylic acids is 2. The highest BCUT2D eigenvalue weighted by atomic mass is 28.3. The summed E-state index contributed by atoms with van der Waals surface area (Å²) in [5, 5.41) is 190. The van der Waals surface area contributed by atoms with Gasteiger partial charge in [0, 0.05) is 27.5 Å². The van der Waals surface area contributed by atoms with Gasteiger partial charge in [0.2, 0.25) is 11.8 Å². The Labute approximate surface area is 492 Å². The normalized spacial score (nSPS) is 39.9. The van der Waals surface area contributed by atoms with Crippen LogP contribution in [0, 0.1) is 0 Å². The number of amides is 2. The van der Waals surface area contributed by atoms with E-state index in [2.05, 4.69) is 37.2 Å². The lowest BCUT2D eigenvalue weighted by molar-refractivity contribution is -0.390. The van der Waals surface area contributed by atoms with Crippen molar-refractivity contribution in [2.45, 2.75) is 262 Å². The van der Waals surface area contributed by atoms with Crippen molar-refractivity contribution in [2.75, 3.05) is 46.2 Å². The molecule has 33 heteroatoms. The van der Waals surface area contributed by atoms with Crippen LogP contribution in [0.5, 0.6) is 0 Å². The lowest BCUT2D eigenvalue weighted by atomic mass is 9.88. The fourth-order valence-electron chi connectivity index (χ4n) is 10.8. The van der Waals surface area contributed by atoms with Gasteiger partial charge in [-0.25, -0.2) is 4.79 Å². The van der Waals surface area contributed by atoms with Crippen LogP contribution in [0.2, 0.25) is 25.7 Å². The van der Waals surface area contributed by atoms with Gasteiger partial charge in [-0.05, 0) is 12.5 Å². The van der Waals surface area contributed by atoms with Crippen molar-refractivity contribution in [3.8, 4) is 0 Å². The maximum Gasteiger partial charge on any atom is 0.364 e. The third-order valence-corrected chi connectivity index (χ3v) is 17.5. The molecule has 0 aliphatic carbocycles. The average Bonchev–Trinajstić information content (AvgIpc) is 1.49. The van der Waals surface area contributed by atoms with Gasteiger partial charge in [-0.1, -0.05) is 77.9 Å². The third kappa shape index (κ3) is 19.1. The number of nitrogens with one attached hydrogen (secondary N) is 2. The molecule has 0 spiro atoms. The number of hydrogen-bond acceptors (Lipinski definition) is 29. The van der Waals surface area contributed by atoms with Crippen LogP contribution >= 0.6 is 0 Å². The molecule has 32 nitrogen and oxygen atoms in total. The molecule has 0 aromatic heterocycles. The van der Waals surface area contributed by atoms with Crippen LogP contribution in [-0.2, 0) is 61.8 Å². The molecule has 0 aromatic rings. The molecule has 26 atom stereocenters. The van der Waals surface area contributed by atoms with E-state index in [9.17, 15) is 101 Å². The van der Waals surface area contributed by atoms with Crippen LogP contribution in [0.3, 0.4) is 0 Å². The third-order valence-electron chi connectivity index (χ3n) is 15.8. The minimum atomic E-state index is -3.24. The van der Waals surface area contributed by atoms with E-state index in [1.807, 2.05) is 0 Å². The second-order valence-electron chi connectivity index (χ2n) is 23.5. The van der Waals surface area contributed by atoms with Crippen LogP contribution in [0.1, 0.15) is 77.6 Å². The smallest absolute Gasteiger partial charge is 0.364 e. The Morgan fingerprint density at radius 3 is 1.56 bits per heavy atom. The number of hydrogen-bond donors (Lipinski definition) is 19. The van der Waals surface area contributed by atoms with Crippen LogP contribution < -0.4 is 10.6 Å². The number of carbonyl (C=O) groups is 3. The number of carboxylic acid groups (broad SMARTS) is 1.